The van der Waals surface area contributed by atoms with Crippen molar-refractivity contribution in [1.82, 2.24) is 0 Å². The van der Waals surface area contributed by atoms with E-state index in [-0.39, 0.29) is 0 Å². The molecule has 1 aromatic rings. The third kappa shape index (κ3) is 2.09. The Hall–Kier alpha value is 0.150. The first-order valence-corrected chi connectivity index (χ1v) is 5.37. The van der Waals surface area contributed by atoms with Crippen molar-refractivity contribution >= 4 is 51.2 Å². The van der Waals surface area contributed by atoms with Crippen LogP contribution >= 0.6 is 45.2 Å². The Bertz CT molecular complexity index is 334. The number of halogens is 2. The normalized spacial score (nSPS) is 9.92. The van der Waals surface area contributed by atoms with Crippen LogP contribution in [-0.4, -0.2) is 11.1 Å². The highest BCUT2D eigenvalue weighted by Crippen LogP contribution is 2.19. The second-order valence-electron chi connectivity index (χ2n) is 2.37. The van der Waals surface area contributed by atoms with Crippen LogP contribution in [0.1, 0.15) is 15.9 Å². The van der Waals surface area contributed by atoms with Crippen LogP contribution in [0.15, 0.2) is 12.1 Å². The maximum absolute atomic E-state index is 10.7. The van der Waals surface area contributed by atoms with Crippen LogP contribution in [0.25, 0.3) is 0 Å². The summed E-state index contributed by atoms with van der Waals surface area (Å²) in [6, 6.07) is 3.64. The highest BCUT2D eigenvalue weighted by Gasteiger charge is 2.09. The maximum atomic E-state index is 10.7. The van der Waals surface area contributed by atoms with Gasteiger partial charge in [-0.05, 0) is 69.8 Å². The molecule has 0 heterocycles. The molecule has 1 aromatic carbocycles. The summed E-state index contributed by atoms with van der Waals surface area (Å²) in [5.41, 5.74) is 1.23. The number of hydrogen-bond donors (Lipinski definition) is 1. The minimum absolute atomic E-state index is 0.395. The molecule has 0 aromatic heterocycles. The van der Waals surface area contributed by atoms with Gasteiger partial charge in [0, 0.05) is 7.14 Å². The van der Waals surface area contributed by atoms with Crippen molar-refractivity contribution in [2.75, 3.05) is 0 Å². The average molecular weight is 388 g/mol. The molecule has 0 bridgehead atoms. The molecular formula is C8H6I2O2. The molecule has 1 N–H and O–H groups in total. The predicted octanol–water partition coefficient (Wildman–Crippen LogP) is 2.90. The van der Waals surface area contributed by atoms with Crippen LogP contribution in [-0.2, 0) is 0 Å². The molecule has 4 heteroatoms. The third-order valence-electron chi connectivity index (χ3n) is 1.54. The molecule has 0 fully saturated rings. The zero-order valence-electron chi connectivity index (χ0n) is 6.27. The molecule has 0 radical (unpaired) electrons. The monoisotopic (exact) mass is 388 g/mol. The van der Waals surface area contributed by atoms with Gasteiger partial charge in [0.05, 0.1) is 5.56 Å². The van der Waals surface area contributed by atoms with Gasteiger partial charge >= 0.3 is 5.97 Å². The molecule has 1 rings (SSSR count). The van der Waals surface area contributed by atoms with Crippen molar-refractivity contribution in [2.24, 2.45) is 0 Å². The van der Waals surface area contributed by atoms with E-state index >= 15 is 0 Å². The minimum atomic E-state index is -0.857. The summed E-state index contributed by atoms with van der Waals surface area (Å²) in [7, 11) is 0. The van der Waals surface area contributed by atoms with E-state index in [1.165, 1.54) is 0 Å². The Balaban J connectivity index is 3.37. The first kappa shape index (κ1) is 10.2. The van der Waals surface area contributed by atoms with Crippen LogP contribution in [0.5, 0.6) is 0 Å². The molecule has 0 unspecified atom stereocenters. The minimum Gasteiger partial charge on any atom is -0.478 e. The first-order valence-electron chi connectivity index (χ1n) is 3.21. The predicted molar refractivity (Wildman–Crippen MR) is 63.6 cm³/mol. The van der Waals surface area contributed by atoms with Gasteiger partial charge in [0.25, 0.3) is 0 Å². The summed E-state index contributed by atoms with van der Waals surface area (Å²) in [6.07, 6.45) is 0. The van der Waals surface area contributed by atoms with Gasteiger partial charge in [-0.2, -0.15) is 0 Å². The van der Waals surface area contributed by atoms with E-state index in [0.717, 1.165) is 12.7 Å². The van der Waals surface area contributed by atoms with Crippen molar-refractivity contribution in [2.45, 2.75) is 6.92 Å². The molecule has 0 amide bonds. The number of carboxylic acid groups (broad SMARTS) is 1. The molecule has 64 valence electrons. The Morgan fingerprint density at radius 3 is 2.50 bits per heavy atom. The third-order valence-corrected chi connectivity index (χ3v) is 3.28. The molecule has 0 aliphatic rings. The summed E-state index contributed by atoms with van der Waals surface area (Å²) in [5, 5.41) is 8.81. The van der Waals surface area contributed by atoms with Crippen molar-refractivity contribution in [3.63, 3.8) is 0 Å². The first-order chi connectivity index (χ1) is 5.52. The lowest BCUT2D eigenvalue weighted by atomic mass is 10.1. The zero-order valence-corrected chi connectivity index (χ0v) is 10.6. The second kappa shape index (κ2) is 3.91. The van der Waals surface area contributed by atoms with Gasteiger partial charge in [0.2, 0.25) is 0 Å². The van der Waals surface area contributed by atoms with Crippen LogP contribution in [0.3, 0.4) is 0 Å². The van der Waals surface area contributed by atoms with Crippen molar-refractivity contribution in [1.29, 1.82) is 0 Å². The van der Waals surface area contributed by atoms with E-state index in [1.54, 1.807) is 6.07 Å². The Morgan fingerprint density at radius 1 is 1.42 bits per heavy atom. The van der Waals surface area contributed by atoms with Gasteiger partial charge in [-0.15, -0.1) is 0 Å². The summed E-state index contributed by atoms with van der Waals surface area (Å²) < 4.78 is 1.96. The SMILES string of the molecule is Cc1c(I)cc(I)cc1C(=O)O. The van der Waals surface area contributed by atoms with Crippen molar-refractivity contribution in [3.8, 4) is 0 Å². The Kier molecular flexibility index (Phi) is 3.33. The topological polar surface area (TPSA) is 37.3 Å². The molecule has 0 aliphatic heterocycles. The molecule has 0 atom stereocenters. The van der Waals surface area contributed by atoms with Crippen molar-refractivity contribution in [3.05, 3.63) is 30.4 Å². The number of carbonyl (C=O) groups is 1. The highest BCUT2D eigenvalue weighted by molar-refractivity contribution is 14.1. The zero-order chi connectivity index (χ0) is 9.30. The summed E-state index contributed by atoms with van der Waals surface area (Å²) in [6.45, 7) is 1.82. The number of benzene rings is 1. The van der Waals surface area contributed by atoms with Crippen molar-refractivity contribution < 1.29 is 9.90 Å². The molecule has 0 saturated heterocycles. The average Bonchev–Trinajstić information content (AvgIpc) is 1.96. The number of rotatable bonds is 1. The molecule has 2 nitrogen and oxygen atoms in total. The Morgan fingerprint density at radius 2 is 2.00 bits per heavy atom. The lowest BCUT2D eigenvalue weighted by Crippen LogP contribution is -2.01. The van der Waals surface area contributed by atoms with Gasteiger partial charge in [0.1, 0.15) is 0 Å². The molecule has 0 saturated carbocycles. The van der Waals surface area contributed by atoms with E-state index in [0.29, 0.717) is 5.56 Å². The fraction of sp³-hybridized carbons (Fsp3) is 0.125. The van der Waals surface area contributed by atoms with Gasteiger partial charge in [-0.3, -0.25) is 0 Å². The number of hydrogen-bond acceptors (Lipinski definition) is 1. The quantitative estimate of drug-likeness (QED) is 0.752. The van der Waals surface area contributed by atoms with E-state index < -0.39 is 5.97 Å². The lowest BCUT2D eigenvalue weighted by Gasteiger charge is -2.03. The summed E-state index contributed by atoms with van der Waals surface area (Å²) >= 11 is 4.25. The number of aromatic carboxylic acids is 1. The summed E-state index contributed by atoms with van der Waals surface area (Å²) in [4.78, 5) is 10.7. The van der Waals surface area contributed by atoms with Crippen LogP contribution < -0.4 is 0 Å². The highest BCUT2D eigenvalue weighted by atomic mass is 127. The smallest absolute Gasteiger partial charge is 0.336 e. The van der Waals surface area contributed by atoms with Crippen LogP contribution in [0.4, 0.5) is 0 Å². The van der Waals surface area contributed by atoms with Crippen LogP contribution in [0.2, 0.25) is 0 Å². The Labute approximate surface area is 97.6 Å². The van der Waals surface area contributed by atoms with E-state index in [1.807, 2.05) is 13.0 Å². The molecular weight excluding hydrogens is 382 g/mol. The van der Waals surface area contributed by atoms with E-state index in [4.69, 9.17) is 5.11 Å². The lowest BCUT2D eigenvalue weighted by molar-refractivity contribution is 0.0696. The standard InChI is InChI=1S/C8H6I2O2/c1-4-6(8(11)12)2-5(9)3-7(4)10/h2-3H,1H3,(H,11,12). The maximum Gasteiger partial charge on any atom is 0.336 e. The molecule has 0 aliphatic carbocycles. The van der Waals surface area contributed by atoms with Gasteiger partial charge in [-0.1, -0.05) is 0 Å². The fourth-order valence-corrected chi connectivity index (χ4v) is 2.71. The molecule has 0 spiro atoms. The van der Waals surface area contributed by atoms with E-state index in [9.17, 15) is 4.79 Å². The number of carboxylic acids is 1. The molecule has 12 heavy (non-hydrogen) atoms. The summed E-state index contributed by atoms with van der Waals surface area (Å²) in [5.74, 6) is -0.857. The van der Waals surface area contributed by atoms with E-state index in [2.05, 4.69) is 45.2 Å². The van der Waals surface area contributed by atoms with Gasteiger partial charge < -0.3 is 5.11 Å². The van der Waals surface area contributed by atoms with Gasteiger partial charge in [-0.25, -0.2) is 4.79 Å². The second-order valence-corrected chi connectivity index (χ2v) is 4.77. The fourth-order valence-electron chi connectivity index (χ4n) is 0.868. The van der Waals surface area contributed by atoms with Gasteiger partial charge in [0.15, 0.2) is 0 Å². The van der Waals surface area contributed by atoms with Crippen LogP contribution in [0, 0.1) is 14.1 Å². The largest absolute Gasteiger partial charge is 0.478 e.